The van der Waals surface area contributed by atoms with Gasteiger partial charge in [0.1, 0.15) is 11.5 Å². The van der Waals surface area contributed by atoms with E-state index in [4.69, 9.17) is 4.74 Å². The first-order valence-corrected chi connectivity index (χ1v) is 7.53. The number of rotatable bonds is 4. The molecule has 1 aliphatic rings. The number of carbonyl (C=O) groups excluding carboxylic acids is 1. The number of benzene rings is 1. The third-order valence-electron chi connectivity index (χ3n) is 3.61. The lowest BCUT2D eigenvalue weighted by Crippen LogP contribution is -2.43. The number of hydrogen-bond donors (Lipinski definition) is 2. The highest BCUT2D eigenvalue weighted by molar-refractivity contribution is 5.95. The molecule has 1 aromatic heterocycles. The first-order valence-electron chi connectivity index (χ1n) is 7.53. The zero-order chi connectivity index (χ0) is 15.2. The number of hydrogen-bond acceptors (Lipinski definition) is 4. The van der Waals surface area contributed by atoms with Crippen molar-refractivity contribution in [3.63, 3.8) is 0 Å². The zero-order valence-corrected chi connectivity index (χ0v) is 12.3. The molecular formula is C17H19N3O2. The summed E-state index contributed by atoms with van der Waals surface area (Å²) in [4.78, 5) is 16.2. The summed E-state index contributed by atoms with van der Waals surface area (Å²) in [7, 11) is 0. The molecule has 1 aromatic carbocycles. The highest BCUT2D eigenvalue weighted by Gasteiger charge is 2.20. The molecule has 1 atom stereocenters. The maximum Gasteiger partial charge on any atom is 0.241 e. The van der Waals surface area contributed by atoms with E-state index in [1.807, 2.05) is 24.3 Å². The van der Waals surface area contributed by atoms with E-state index in [-0.39, 0.29) is 11.9 Å². The van der Waals surface area contributed by atoms with Crippen LogP contribution in [0.1, 0.15) is 19.3 Å². The summed E-state index contributed by atoms with van der Waals surface area (Å²) >= 11 is 0. The fraction of sp³-hybridized carbons (Fsp3) is 0.294. The van der Waals surface area contributed by atoms with Crippen molar-refractivity contribution in [1.29, 1.82) is 0 Å². The molecule has 0 bridgehead atoms. The average Bonchev–Trinajstić information content (AvgIpc) is 2.57. The lowest BCUT2D eigenvalue weighted by Gasteiger charge is -2.22. The molecule has 0 unspecified atom stereocenters. The van der Waals surface area contributed by atoms with Crippen LogP contribution in [0.15, 0.2) is 48.8 Å². The standard InChI is InChI=1S/C17H19N3O2/c21-17(16-6-1-2-9-19-16)20-13-4-3-5-15(12-13)22-14-7-10-18-11-8-14/h3-5,7-8,10-12,16,19H,1-2,6,9H2,(H,20,21)/t16-/m1/s1. The number of carbonyl (C=O) groups is 1. The quantitative estimate of drug-likeness (QED) is 0.910. The number of ether oxygens (including phenoxy) is 1. The molecule has 1 fully saturated rings. The van der Waals surface area contributed by atoms with Gasteiger partial charge in [-0.15, -0.1) is 0 Å². The van der Waals surface area contributed by atoms with Crippen LogP contribution in [0.4, 0.5) is 5.69 Å². The van der Waals surface area contributed by atoms with Crippen molar-refractivity contribution in [2.24, 2.45) is 0 Å². The maximum absolute atomic E-state index is 12.2. The number of pyridine rings is 1. The molecule has 5 nitrogen and oxygen atoms in total. The first kappa shape index (κ1) is 14.5. The molecule has 1 aliphatic heterocycles. The van der Waals surface area contributed by atoms with Crippen LogP contribution in [0.2, 0.25) is 0 Å². The van der Waals surface area contributed by atoms with Gasteiger partial charge in [-0.1, -0.05) is 12.5 Å². The number of piperidine rings is 1. The lowest BCUT2D eigenvalue weighted by molar-refractivity contribution is -0.118. The maximum atomic E-state index is 12.2. The van der Waals surface area contributed by atoms with Crippen LogP contribution >= 0.6 is 0 Å². The number of nitrogens with one attached hydrogen (secondary N) is 2. The van der Waals surface area contributed by atoms with Crippen molar-refractivity contribution in [3.8, 4) is 11.5 Å². The summed E-state index contributed by atoms with van der Waals surface area (Å²) in [5.74, 6) is 1.41. The first-order chi connectivity index (χ1) is 10.8. The minimum Gasteiger partial charge on any atom is -0.457 e. The molecular weight excluding hydrogens is 278 g/mol. The Kier molecular flexibility index (Phi) is 4.65. The summed E-state index contributed by atoms with van der Waals surface area (Å²) in [6, 6.07) is 10.9. The van der Waals surface area contributed by atoms with Crippen LogP contribution in [0.5, 0.6) is 11.5 Å². The zero-order valence-electron chi connectivity index (χ0n) is 12.3. The van der Waals surface area contributed by atoms with Gasteiger partial charge in [-0.05, 0) is 43.7 Å². The Morgan fingerprint density at radius 1 is 1.18 bits per heavy atom. The molecule has 22 heavy (non-hydrogen) atoms. The summed E-state index contributed by atoms with van der Waals surface area (Å²) < 4.78 is 5.74. The van der Waals surface area contributed by atoms with Gasteiger partial charge in [0.15, 0.2) is 0 Å². The van der Waals surface area contributed by atoms with Crippen LogP contribution in [-0.2, 0) is 4.79 Å². The van der Waals surface area contributed by atoms with Gasteiger partial charge in [-0.2, -0.15) is 0 Å². The van der Waals surface area contributed by atoms with Crippen LogP contribution < -0.4 is 15.4 Å². The molecule has 1 amide bonds. The second-order valence-corrected chi connectivity index (χ2v) is 5.30. The number of amides is 1. The van der Waals surface area contributed by atoms with Crippen LogP contribution in [-0.4, -0.2) is 23.5 Å². The van der Waals surface area contributed by atoms with E-state index in [1.165, 1.54) is 0 Å². The van der Waals surface area contributed by atoms with Crippen molar-refractivity contribution in [3.05, 3.63) is 48.8 Å². The van der Waals surface area contributed by atoms with Crippen LogP contribution in [0.25, 0.3) is 0 Å². The highest BCUT2D eigenvalue weighted by atomic mass is 16.5. The molecule has 2 heterocycles. The van der Waals surface area contributed by atoms with E-state index in [0.717, 1.165) is 31.5 Å². The van der Waals surface area contributed by atoms with Crippen molar-refractivity contribution >= 4 is 11.6 Å². The third kappa shape index (κ3) is 3.83. The van der Waals surface area contributed by atoms with E-state index in [1.54, 1.807) is 24.5 Å². The van der Waals surface area contributed by atoms with Crippen molar-refractivity contribution in [2.45, 2.75) is 25.3 Å². The minimum absolute atomic E-state index is 0.0146. The summed E-state index contributed by atoms with van der Waals surface area (Å²) in [6.45, 7) is 0.906. The van der Waals surface area contributed by atoms with E-state index < -0.39 is 0 Å². The predicted octanol–water partition coefficient (Wildman–Crippen LogP) is 2.95. The van der Waals surface area contributed by atoms with Gasteiger partial charge in [-0.3, -0.25) is 9.78 Å². The molecule has 114 valence electrons. The van der Waals surface area contributed by atoms with E-state index in [0.29, 0.717) is 11.5 Å². The van der Waals surface area contributed by atoms with Crippen molar-refractivity contribution in [1.82, 2.24) is 10.3 Å². The molecule has 1 saturated heterocycles. The van der Waals surface area contributed by atoms with Gasteiger partial charge in [0.05, 0.1) is 6.04 Å². The second kappa shape index (κ2) is 7.04. The van der Waals surface area contributed by atoms with Crippen molar-refractivity contribution < 1.29 is 9.53 Å². The topological polar surface area (TPSA) is 63.2 Å². The Balaban J connectivity index is 1.64. The fourth-order valence-corrected chi connectivity index (χ4v) is 2.48. The Bertz CT molecular complexity index is 625. The highest BCUT2D eigenvalue weighted by Crippen LogP contribution is 2.23. The Hall–Kier alpha value is -2.40. The Labute approximate surface area is 129 Å². The van der Waals surface area contributed by atoms with Crippen LogP contribution in [0.3, 0.4) is 0 Å². The second-order valence-electron chi connectivity index (χ2n) is 5.30. The number of nitrogens with zero attached hydrogens (tertiary/aromatic N) is 1. The Morgan fingerprint density at radius 3 is 2.82 bits per heavy atom. The van der Waals surface area contributed by atoms with Gasteiger partial charge >= 0.3 is 0 Å². The molecule has 0 saturated carbocycles. The molecule has 2 aromatic rings. The van der Waals surface area contributed by atoms with Gasteiger partial charge in [0.25, 0.3) is 0 Å². The smallest absolute Gasteiger partial charge is 0.241 e. The normalized spacial score (nSPS) is 17.7. The van der Waals surface area contributed by atoms with E-state index in [2.05, 4.69) is 15.6 Å². The largest absolute Gasteiger partial charge is 0.457 e. The SMILES string of the molecule is O=C(Nc1cccc(Oc2ccncc2)c1)[C@H]1CCCCN1. The molecule has 0 spiro atoms. The minimum atomic E-state index is -0.0986. The van der Waals surface area contributed by atoms with E-state index in [9.17, 15) is 4.79 Å². The lowest BCUT2D eigenvalue weighted by atomic mass is 10.0. The molecule has 0 aliphatic carbocycles. The number of anilines is 1. The predicted molar refractivity (Wildman–Crippen MR) is 85.0 cm³/mol. The van der Waals surface area contributed by atoms with Crippen LogP contribution in [0, 0.1) is 0 Å². The summed E-state index contributed by atoms with van der Waals surface area (Å²) in [6.07, 6.45) is 6.47. The number of aromatic nitrogens is 1. The fourth-order valence-electron chi connectivity index (χ4n) is 2.48. The molecule has 2 N–H and O–H groups in total. The molecule has 3 rings (SSSR count). The van der Waals surface area contributed by atoms with E-state index >= 15 is 0 Å². The molecule has 0 radical (unpaired) electrons. The average molecular weight is 297 g/mol. The third-order valence-corrected chi connectivity index (χ3v) is 3.61. The van der Waals surface area contributed by atoms with Crippen molar-refractivity contribution in [2.75, 3.05) is 11.9 Å². The Morgan fingerprint density at radius 2 is 2.05 bits per heavy atom. The van der Waals surface area contributed by atoms with Gasteiger partial charge in [0, 0.05) is 24.1 Å². The van der Waals surface area contributed by atoms with Gasteiger partial charge in [-0.25, -0.2) is 0 Å². The van der Waals surface area contributed by atoms with Gasteiger partial charge < -0.3 is 15.4 Å². The molecule has 5 heteroatoms. The summed E-state index contributed by atoms with van der Waals surface area (Å²) in [5.41, 5.74) is 0.740. The summed E-state index contributed by atoms with van der Waals surface area (Å²) in [5, 5.41) is 6.19. The monoisotopic (exact) mass is 297 g/mol. The van der Waals surface area contributed by atoms with Gasteiger partial charge in [0.2, 0.25) is 5.91 Å².